The Balaban J connectivity index is 1.61. The topological polar surface area (TPSA) is 63.4 Å². The average molecular weight is 422 g/mol. The molecule has 1 aliphatic rings. The monoisotopic (exact) mass is 422 g/mol. The van der Waals surface area contributed by atoms with Crippen molar-refractivity contribution in [2.75, 3.05) is 13.2 Å². The Bertz CT molecular complexity index is 1050. The van der Waals surface area contributed by atoms with Crippen LogP contribution in [0, 0.1) is 5.82 Å². The van der Waals surface area contributed by atoms with Gasteiger partial charge in [-0.2, -0.15) is 0 Å². The number of hydrogen-bond acceptors (Lipinski definition) is 3. The summed E-state index contributed by atoms with van der Waals surface area (Å²) < 4.78 is 60.0. The van der Waals surface area contributed by atoms with E-state index in [1.807, 2.05) is 0 Å². The van der Waals surface area contributed by atoms with Gasteiger partial charge in [-0.1, -0.05) is 12.1 Å². The predicted octanol–water partition coefficient (Wildman–Crippen LogP) is 4.64. The van der Waals surface area contributed by atoms with Gasteiger partial charge in [-0.15, -0.1) is 13.2 Å². The molecule has 0 spiro atoms. The van der Waals surface area contributed by atoms with Crippen LogP contribution < -0.4 is 10.1 Å². The fourth-order valence-electron chi connectivity index (χ4n) is 3.68. The number of halogens is 4. The second-order valence-corrected chi connectivity index (χ2v) is 7.14. The highest BCUT2D eigenvalue weighted by atomic mass is 19.4. The maximum Gasteiger partial charge on any atom is 0.573 e. The molecule has 30 heavy (non-hydrogen) atoms. The zero-order chi connectivity index (χ0) is 21.4. The maximum atomic E-state index is 13.4. The quantitative estimate of drug-likeness (QED) is 0.602. The second-order valence-electron chi connectivity index (χ2n) is 7.14. The summed E-state index contributed by atoms with van der Waals surface area (Å²) in [6.07, 6.45) is -3.78. The number of fused-ring (bicyclic) bond motifs is 1. The molecule has 0 saturated carbocycles. The standard InChI is InChI=1S/C21H18F4N2O3/c22-15-4-2-14(3-5-15)20(7-9-29-10-8-20)27-19(28)18-11-13-1-6-16(12-17(13)26-18)30-21(23,24)25/h1-6,11-12,26H,7-10H2,(H,27,28). The molecule has 1 fully saturated rings. The van der Waals surface area contributed by atoms with E-state index in [0.717, 1.165) is 5.56 Å². The normalized spacial score (nSPS) is 16.4. The Labute approximate surface area is 169 Å². The Morgan fingerprint density at radius 2 is 1.77 bits per heavy atom. The molecule has 0 aliphatic carbocycles. The lowest BCUT2D eigenvalue weighted by Gasteiger charge is -2.38. The summed E-state index contributed by atoms with van der Waals surface area (Å²) in [6.45, 7) is 0.866. The first-order chi connectivity index (χ1) is 14.2. The zero-order valence-electron chi connectivity index (χ0n) is 15.7. The molecule has 2 aromatic carbocycles. The summed E-state index contributed by atoms with van der Waals surface area (Å²) in [6, 6.07) is 11.3. The molecule has 2 N–H and O–H groups in total. The molecule has 3 aromatic rings. The highest BCUT2D eigenvalue weighted by Crippen LogP contribution is 2.33. The summed E-state index contributed by atoms with van der Waals surface area (Å²) >= 11 is 0. The average Bonchev–Trinajstić information content (AvgIpc) is 3.11. The first kappa shape index (κ1) is 20.2. The third-order valence-corrected chi connectivity index (χ3v) is 5.17. The van der Waals surface area contributed by atoms with E-state index in [-0.39, 0.29) is 17.3 Å². The van der Waals surface area contributed by atoms with Gasteiger partial charge in [-0.05, 0) is 48.7 Å². The summed E-state index contributed by atoms with van der Waals surface area (Å²) in [5.74, 6) is -1.17. The van der Waals surface area contributed by atoms with Gasteiger partial charge in [0, 0.05) is 30.2 Å². The molecule has 1 aliphatic heterocycles. The second kappa shape index (κ2) is 7.64. The molecule has 4 rings (SSSR count). The fraction of sp³-hybridized carbons (Fsp3) is 0.286. The van der Waals surface area contributed by atoms with E-state index >= 15 is 0 Å². The number of carbonyl (C=O) groups is 1. The van der Waals surface area contributed by atoms with Gasteiger partial charge in [0.15, 0.2) is 0 Å². The number of aromatic amines is 1. The minimum absolute atomic E-state index is 0.196. The zero-order valence-corrected chi connectivity index (χ0v) is 15.7. The third kappa shape index (κ3) is 4.25. The minimum atomic E-state index is -4.80. The third-order valence-electron chi connectivity index (χ3n) is 5.17. The molecule has 1 saturated heterocycles. The minimum Gasteiger partial charge on any atom is -0.406 e. The molecule has 0 bridgehead atoms. The summed E-state index contributed by atoms with van der Waals surface area (Å²) in [5.41, 5.74) is 0.564. The molecule has 0 unspecified atom stereocenters. The molecule has 1 amide bonds. The molecule has 158 valence electrons. The van der Waals surface area contributed by atoms with Gasteiger partial charge in [-0.3, -0.25) is 4.79 Å². The number of alkyl halides is 3. The number of amides is 1. The molecule has 1 aromatic heterocycles. The molecule has 9 heteroatoms. The Hall–Kier alpha value is -3.07. The van der Waals surface area contributed by atoms with Crippen LogP contribution in [0.25, 0.3) is 10.9 Å². The van der Waals surface area contributed by atoms with Crippen molar-refractivity contribution in [3.05, 3.63) is 65.6 Å². The van der Waals surface area contributed by atoms with Crippen LogP contribution in [0.1, 0.15) is 28.9 Å². The van der Waals surface area contributed by atoms with Crippen LogP contribution in [0.5, 0.6) is 5.75 Å². The van der Waals surface area contributed by atoms with E-state index < -0.39 is 17.8 Å². The number of H-pyrrole nitrogens is 1. The number of benzene rings is 2. The molecule has 0 radical (unpaired) electrons. The van der Waals surface area contributed by atoms with Crippen LogP contribution in [0.2, 0.25) is 0 Å². The highest BCUT2D eigenvalue weighted by molar-refractivity contribution is 5.98. The van der Waals surface area contributed by atoms with E-state index in [4.69, 9.17) is 4.74 Å². The predicted molar refractivity (Wildman–Crippen MR) is 101 cm³/mol. The molecule has 5 nitrogen and oxygen atoms in total. The molecule has 2 heterocycles. The van der Waals surface area contributed by atoms with Crippen LogP contribution >= 0.6 is 0 Å². The lowest BCUT2D eigenvalue weighted by atomic mass is 9.82. The van der Waals surface area contributed by atoms with Gasteiger partial charge < -0.3 is 19.8 Å². The van der Waals surface area contributed by atoms with E-state index in [9.17, 15) is 22.4 Å². The number of nitrogens with one attached hydrogen (secondary N) is 2. The van der Waals surface area contributed by atoms with Crippen molar-refractivity contribution < 1.29 is 31.8 Å². The van der Waals surface area contributed by atoms with Crippen molar-refractivity contribution in [3.8, 4) is 5.75 Å². The number of hydrogen-bond donors (Lipinski definition) is 2. The smallest absolute Gasteiger partial charge is 0.406 e. The first-order valence-corrected chi connectivity index (χ1v) is 9.29. The van der Waals surface area contributed by atoms with E-state index in [1.165, 1.54) is 30.3 Å². The van der Waals surface area contributed by atoms with Crippen molar-refractivity contribution in [2.24, 2.45) is 0 Å². The lowest BCUT2D eigenvalue weighted by molar-refractivity contribution is -0.274. The first-order valence-electron chi connectivity index (χ1n) is 9.29. The fourth-order valence-corrected chi connectivity index (χ4v) is 3.68. The molecule has 0 atom stereocenters. The SMILES string of the molecule is O=C(NC1(c2ccc(F)cc2)CCOCC1)c1cc2ccc(OC(F)(F)F)cc2[nH]1. The number of rotatable bonds is 4. The summed E-state index contributed by atoms with van der Waals surface area (Å²) in [4.78, 5) is 15.8. The Morgan fingerprint density at radius 1 is 1.07 bits per heavy atom. The molecular weight excluding hydrogens is 404 g/mol. The van der Waals surface area contributed by atoms with Gasteiger partial charge >= 0.3 is 6.36 Å². The molecular formula is C21H18F4N2O3. The maximum absolute atomic E-state index is 13.4. The van der Waals surface area contributed by atoms with E-state index in [1.54, 1.807) is 18.2 Å². The summed E-state index contributed by atoms with van der Waals surface area (Å²) in [7, 11) is 0. The highest BCUT2D eigenvalue weighted by Gasteiger charge is 2.36. The van der Waals surface area contributed by atoms with Gasteiger partial charge in [-0.25, -0.2) is 4.39 Å². The Morgan fingerprint density at radius 3 is 2.43 bits per heavy atom. The van der Waals surface area contributed by atoms with Crippen LogP contribution in [-0.4, -0.2) is 30.5 Å². The van der Waals surface area contributed by atoms with Crippen molar-refractivity contribution in [3.63, 3.8) is 0 Å². The van der Waals surface area contributed by atoms with E-state index in [2.05, 4.69) is 15.0 Å². The number of carbonyl (C=O) groups excluding carboxylic acids is 1. The van der Waals surface area contributed by atoms with Crippen molar-refractivity contribution in [2.45, 2.75) is 24.7 Å². The van der Waals surface area contributed by atoms with Crippen LogP contribution in [0.4, 0.5) is 17.6 Å². The van der Waals surface area contributed by atoms with Crippen LogP contribution in [0.15, 0.2) is 48.5 Å². The van der Waals surface area contributed by atoms with Crippen molar-refractivity contribution in [1.82, 2.24) is 10.3 Å². The number of ether oxygens (including phenoxy) is 2. The van der Waals surface area contributed by atoms with Crippen molar-refractivity contribution in [1.29, 1.82) is 0 Å². The van der Waals surface area contributed by atoms with Gasteiger partial charge in [0.05, 0.1) is 5.54 Å². The summed E-state index contributed by atoms with van der Waals surface area (Å²) in [5, 5.41) is 3.58. The number of aromatic nitrogens is 1. The van der Waals surface area contributed by atoms with Crippen LogP contribution in [0.3, 0.4) is 0 Å². The Kier molecular flexibility index (Phi) is 5.15. The van der Waals surface area contributed by atoms with E-state index in [0.29, 0.717) is 37.0 Å². The van der Waals surface area contributed by atoms with Crippen molar-refractivity contribution >= 4 is 16.8 Å². The largest absolute Gasteiger partial charge is 0.573 e. The van der Waals surface area contributed by atoms with Gasteiger partial charge in [0.25, 0.3) is 5.91 Å². The van der Waals surface area contributed by atoms with Crippen LogP contribution in [-0.2, 0) is 10.3 Å². The van der Waals surface area contributed by atoms with Gasteiger partial charge in [0.2, 0.25) is 0 Å². The van der Waals surface area contributed by atoms with Gasteiger partial charge in [0.1, 0.15) is 17.3 Å². The lowest BCUT2D eigenvalue weighted by Crippen LogP contribution is -2.49.